The zero-order valence-corrected chi connectivity index (χ0v) is 12.9. The number of halogens is 1. The van der Waals surface area contributed by atoms with Crippen LogP contribution in [0.3, 0.4) is 0 Å². The highest BCUT2D eigenvalue weighted by molar-refractivity contribution is 6.52. The third-order valence-electron chi connectivity index (χ3n) is 4.69. The van der Waals surface area contributed by atoms with Crippen molar-refractivity contribution in [2.24, 2.45) is 5.92 Å². The van der Waals surface area contributed by atoms with Gasteiger partial charge in [-0.05, 0) is 30.5 Å². The van der Waals surface area contributed by atoms with Crippen LogP contribution in [0.15, 0.2) is 18.2 Å². The Bertz CT molecular complexity index is 667. The molecule has 6 heteroatoms. The minimum Gasteiger partial charge on any atom is -0.467 e. The van der Waals surface area contributed by atoms with Gasteiger partial charge in [-0.15, -0.1) is 0 Å². The predicted octanol–water partition coefficient (Wildman–Crippen LogP) is 2.48. The Hall–Kier alpha value is -2.24. The van der Waals surface area contributed by atoms with Crippen LogP contribution in [-0.4, -0.2) is 30.8 Å². The summed E-state index contributed by atoms with van der Waals surface area (Å²) in [5, 5.41) is 0. The van der Waals surface area contributed by atoms with Crippen LogP contribution in [0.2, 0.25) is 0 Å². The second-order valence-corrected chi connectivity index (χ2v) is 6.09. The number of hydrogen-bond donors (Lipinski definition) is 0. The van der Waals surface area contributed by atoms with Gasteiger partial charge in [0.25, 0.3) is 11.7 Å². The largest absolute Gasteiger partial charge is 0.467 e. The zero-order chi connectivity index (χ0) is 16.6. The topological polar surface area (TPSA) is 63.7 Å². The van der Waals surface area contributed by atoms with Crippen molar-refractivity contribution in [3.05, 3.63) is 29.6 Å². The molecule has 0 N–H and O–H groups in total. The maximum Gasteiger partial charge on any atom is 0.328 e. The minimum absolute atomic E-state index is 0.136. The van der Waals surface area contributed by atoms with E-state index in [0.29, 0.717) is 12.3 Å². The normalized spacial score (nSPS) is 19.1. The fraction of sp³-hybridized carbons (Fsp3) is 0.471. The molecule has 1 saturated carbocycles. The van der Waals surface area contributed by atoms with Crippen LogP contribution in [0.5, 0.6) is 0 Å². The quantitative estimate of drug-likeness (QED) is 0.632. The van der Waals surface area contributed by atoms with Crippen molar-refractivity contribution in [3.63, 3.8) is 0 Å². The Morgan fingerprint density at radius 1 is 1.35 bits per heavy atom. The van der Waals surface area contributed by atoms with Gasteiger partial charge < -0.3 is 4.74 Å². The number of methoxy groups -OCH3 is 1. The predicted molar refractivity (Wildman–Crippen MR) is 80.6 cm³/mol. The highest BCUT2D eigenvalue weighted by Gasteiger charge is 2.44. The lowest BCUT2D eigenvalue weighted by atomic mass is 9.97. The van der Waals surface area contributed by atoms with Crippen LogP contribution in [-0.2, 0) is 14.3 Å². The van der Waals surface area contributed by atoms with Crippen molar-refractivity contribution in [3.8, 4) is 0 Å². The van der Waals surface area contributed by atoms with E-state index < -0.39 is 29.5 Å². The molecule has 1 heterocycles. The number of benzene rings is 1. The van der Waals surface area contributed by atoms with E-state index in [2.05, 4.69) is 0 Å². The number of rotatable bonds is 4. The Labute approximate surface area is 133 Å². The van der Waals surface area contributed by atoms with Gasteiger partial charge >= 0.3 is 5.97 Å². The van der Waals surface area contributed by atoms with Gasteiger partial charge in [0.15, 0.2) is 0 Å². The lowest BCUT2D eigenvalue weighted by Crippen LogP contribution is -2.46. The summed E-state index contributed by atoms with van der Waals surface area (Å²) in [6, 6.07) is 2.66. The molecule has 0 saturated heterocycles. The van der Waals surface area contributed by atoms with Gasteiger partial charge in [0, 0.05) is 0 Å². The Balaban J connectivity index is 1.98. The molecule has 0 spiro atoms. The van der Waals surface area contributed by atoms with Crippen LogP contribution in [0.4, 0.5) is 10.1 Å². The molecular weight excluding hydrogens is 301 g/mol. The maximum absolute atomic E-state index is 13.6. The first kappa shape index (κ1) is 15.6. The van der Waals surface area contributed by atoms with E-state index >= 15 is 0 Å². The molecule has 1 fully saturated rings. The standard InChI is InChI=1S/C17H18FNO4/c1-23-17(22)14(8-10-4-2-3-5-10)19-13-9-11(18)6-7-12(13)15(20)16(19)21/h6-7,9-10,14H,2-5,8H2,1H3. The van der Waals surface area contributed by atoms with E-state index in [-0.39, 0.29) is 11.3 Å². The van der Waals surface area contributed by atoms with E-state index in [9.17, 15) is 18.8 Å². The number of esters is 1. The number of carbonyl (C=O) groups is 3. The summed E-state index contributed by atoms with van der Waals surface area (Å²) in [6.45, 7) is 0. The molecule has 1 aliphatic heterocycles. The summed E-state index contributed by atoms with van der Waals surface area (Å²) in [5.74, 6) is -2.32. The van der Waals surface area contributed by atoms with Crippen molar-refractivity contribution in [1.82, 2.24) is 0 Å². The maximum atomic E-state index is 13.6. The molecule has 3 rings (SSSR count). The summed E-state index contributed by atoms with van der Waals surface area (Å²) < 4.78 is 18.4. The summed E-state index contributed by atoms with van der Waals surface area (Å²) in [6.07, 6.45) is 4.59. The molecule has 1 aliphatic carbocycles. The fourth-order valence-corrected chi connectivity index (χ4v) is 3.54. The highest BCUT2D eigenvalue weighted by atomic mass is 19.1. The average Bonchev–Trinajstić information content (AvgIpc) is 3.13. The third kappa shape index (κ3) is 2.73. The number of ether oxygens (including phenoxy) is 1. The number of amides is 1. The molecule has 1 amide bonds. The van der Waals surface area contributed by atoms with Gasteiger partial charge in [-0.1, -0.05) is 25.7 Å². The second-order valence-electron chi connectivity index (χ2n) is 6.09. The first-order valence-electron chi connectivity index (χ1n) is 7.78. The van der Waals surface area contributed by atoms with Gasteiger partial charge in [-0.25, -0.2) is 9.18 Å². The van der Waals surface area contributed by atoms with Crippen LogP contribution in [0, 0.1) is 11.7 Å². The van der Waals surface area contributed by atoms with Gasteiger partial charge in [0.2, 0.25) is 0 Å². The third-order valence-corrected chi connectivity index (χ3v) is 4.69. The summed E-state index contributed by atoms with van der Waals surface area (Å²) in [5.41, 5.74) is 0.296. The molecule has 23 heavy (non-hydrogen) atoms. The minimum atomic E-state index is -0.886. The van der Waals surface area contributed by atoms with E-state index in [0.717, 1.165) is 42.7 Å². The molecule has 5 nitrogen and oxygen atoms in total. The van der Waals surface area contributed by atoms with Crippen LogP contribution < -0.4 is 4.90 Å². The summed E-state index contributed by atoms with van der Waals surface area (Å²) in [4.78, 5) is 37.8. The number of anilines is 1. The van der Waals surface area contributed by atoms with Crippen molar-refractivity contribution in [1.29, 1.82) is 0 Å². The molecule has 2 aliphatic rings. The van der Waals surface area contributed by atoms with Gasteiger partial charge in [0.05, 0.1) is 18.4 Å². The van der Waals surface area contributed by atoms with Crippen LogP contribution in [0.25, 0.3) is 0 Å². The molecule has 122 valence electrons. The van der Waals surface area contributed by atoms with Gasteiger partial charge in [-0.2, -0.15) is 0 Å². The Morgan fingerprint density at radius 2 is 2.04 bits per heavy atom. The molecule has 1 aromatic rings. The molecule has 1 unspecified atom stereocenters. The smallest absolute Gasteiger partial charge is 0.328 e. The zero-order valence-electron chi connectivity index (χ0n) is 12.9. The number of Topliss-reactive ketones (excluding diaryl/α,β-unsaturated/α-hetero) is 1. The van der Waals surface area contributed by atoms with Crippen molar-refractivity contribution < 1.29 is 23.5 Å². The first-order chi connectivity index (χ1) is 11.0. The van der Waals surface area contributed by atoms with Crippen LogP contribution in [0.1, 0.15) is 42.5 Å². The number of hydrogen-bond acceptors (Lipinski definition) is 4. The lowest BCUT2D eigenvalue weighted by Gasteiger charge is -2.27. The summed E-state index contributed by atoms with van der Waals surface area (Å²) >= 11 is 0. The molecule has 0 radical (unpaired) electrons. The van der Waals surface area contributed by atoms with Crippen molar-refractivity contribution >= 4 is 23.3 Å². The monoisotopic (exact) mass is 319 g/mol. The first-order valence-corrected chi connectivity index (χ1v) is 7.78. The number of carbonyl (C=O) groups excluding carboxylic acids is 3. The van der Waals surface area contributed by atoms with E-state index in [4.69, 9.17) is 4.74 Å². The lowest BCUT2D eigenvalue weighted by molar-refractivity contribution is -0.143. The average molecular weight is 319 g/mol. The van der Waals surface area contributed by atoms with Crippen LogP contribution >= 0.6 is 0 Å². The Morgan fingerprint density at radius 3 is 2.70 bits per heavy atom. The Kier molecular flexibility index (Phi) is 4.15. The van der Waals surface area contributed by atoms with Gasteiger partial charge in [0.1, 0.15) is 11.9 Å². The second kappa shape index (κ2) is 6.10. The molecular formula is C17H18FNO4. The molecule has 0 aromatic heterocycles. The highest BCUT2D eigenvalue weighted by Crippen LogP contribution is 2.36. The SMILES string of the molecule is COC(=O)C(CC1CCCC1)N1C(=O)C(=O)c2ccc(F)cc21. The molecule has 1 atom stereocenters. The van der Waals surface area contributed by atoms with E-state index in [1.165, 1.54) is 13.2 Å². The van der Waals surface area contributed by atoms with Crippen molar-refractivity contribution in [2.45, 2.75) is 38.1 Å². The number of ketones is 1. The van der Waals surface area contributed by atoms with Gasteiger partial charge in [-0.3, -0.25) is 14.5 Å². The number of nitrogens with zero attached hydrogens (tertiary/aromatic N) is 1. The van der Waals surface area contributed by atoms with E-state index in [1.54, 1.807) is 0 Å². The molecule has 1 aromatic carbocycles. The van der Waals surface area contributed by atoms with Crippen molar-refractivity contribution in [2.75, 3.05) is 12.0 Å². The number of fused-ring (bicyclic) bond motifs is 1. The fourth-order valence-electron chi connectivity index (χ4n) is 3.54. The van der Waals surface area contributed by atoms with E-state index in [1.807, 2.05) is 0 Å². The summed E-state index contributed by atoms with van der Waals surface area (Å²) in [7, 11) is 1.25. The molecule has 0 bridgehead atoms.